The lowest BCUT2D eigenvalue weighted by atomic mass is 10.1. The maximum Gasteiger partial charge on any atom is 0.409 e. The van der Waals surface area contributed by atoms with Crippen LogP contribution in [0.1, 0.15) is 13.3 Å². The van der Waals surface area contributed by atoms with Crippen molar-refractivity contribution in [1.29, 1.82) is 0 Å². The zero-order valence-corrected chi connectivity index (χ0v) is 16.6. The molecule has 2 aliphatic heterocycles. The molecular formula is C19H22F3N5O3. The molecule has 0 saturated carbocycles. The summed E-state index contributed by atoms with van der Waals surface area (Å²) in [6.45, 7) is 3.27. The van der Waals surface area contributed by atoms with Gasteiger partial charge in [-0.05, 0) is 19.4 Å². The Bertz CT molecular complexity index is 981. The van der Waals surface area contributed by atoms with E-state index < -0.39 is 12.2 Å². The van der Waals surface area contributed by atoms with Gasteiger partial charge < -0.3 is 14.4 Å². The average molecular weight is 425 g/mol. The van der Waals surface area contributed by atoms with Gasteiger partial charge in [0.15, 0.2) is 0 Å². The van der Waals surface area contributed by atoms with Gasteiger partial charge in [-0.25, -0.2) is 4.98 Å². The van der Waals surface area contributed by atoms with Crippen molar-refractivity contribution in [2.75, 3.05) is 36.7 Å². The molecule has 30 heavy (non-hydrogen) atoms. The molecule has 0 radical (unpaired) electrons. The number of aromatic nitrogens is 3. The number of ether oxygens (including phenoxy) is 2. The fourth-order valence-corrected chi connectivity index (χ4v) is 3.88. The van der Waals surface area contributed by atoms with E-state index in [4.69, 9.17) is 9.47 Å². The van der Waals surface area contributed by atoms with Gasteiger partial charge >= 0.3 is 6.18 Å². The summed E-state index contributed by atoms with van der Waals surface area (Å²) in [5, 5.41) is 0. The molecule has 0 aliphatic carbocycles. The zero-order valence-electron chi connectivity index (χ0n) is 16.6. The summed E-state index contributed by atoms with van der Waals surface area (Å²) in [6, 6.07) is 2.36. The molecule has 0 bridgehead atoms. The van der Waals surface area contributed by atoms with Crippen LogP contribution in [0.2, 0.25) is 0 Å². The van der Waals surface area contributed by atoms with E-state index in [-0.39, 0.29) is 42.1 Å². The summed E-state index contributed by atoms with van der Waals surface area (Å²) in [4.78, 5) is 24.2. The molecule has 0 spiro atoms. The third-order valence-corrected chi connectivity index (χ3v) is 5.37. The van der Waals surface area contributed by atoms with Crippen molar-refractivity contribution < 1.29 is 22.6 Å². The molecule has 0 aromatic carbocycles. The highest BCUT2D eigenvalue weighted by atomic mass is 19.4. The maximum atomic E-state index is 13.9. The van der Waals surface area contributed by atoms with E-state index in [1.807, 2.05) is 11.8 Å². The van der Waals surface area contributed by atoms with Gasteiger partial charge in [-0.1, -0.05) is 0 Å². The Hall–Kier alpha value is -2.82. The Morgan fingerprint density at radius 3 is 2.77 bits per heavy atom. The van der Waals surface area contributed by atoms with Crippen LogP contribution in [-0.2, 0) is 11.3 Å². The molecule has 8 nitrogen and oxygen atoms in total. The quantitative estimate of drug-likeness (QED) is 0.748. The molecule has 1 unspecified atom stereocenters. The Labute approximate surface area is 170 Å². The Balaban J connectivity index is 1.87. The number of halogens is 3. The smallest absolute Gasteiger partial charge is 0.409 e. The van der Waals surface area contributed by atoms with Crippen LogP contribution in [0.25, 0.3) is 0 Å². The molecule has 2 aromatic rings. The molecule has 2 aromatic heterocycles. The summed E-state index contributed by atoms with van der Waals surface area (Å²) in [6.07, 6.45) is -3.41. The predicted octanol–water partition coefficient (Wildman–Crippen LogP) is 2.34. The number of methoxy groups -OCH3 is 1. The minimum Gasteiger partial charge on any atom is -0.481 e. The van der Waals surface area contributed by atoms with Crippen molar-refractivity contribution in [3.63, 3.8) is 0 Å². The summed E-state index contributed by atoms with van der Waals surface area (Å²) >= 11 is 0. The first-order valence-corrected chi connectivity index (χ1v) is 9.62. The van der Waals surface area contributed by atoms with Crippen molar-refractivity contribution >= 4 is 17.5 Å². The minimum absolute atomic E-state index is 0.0435. The molecule has 2 aliphatic rings. The number of rotatable bonds is 3. The van der Waals surface area contributed by atoms with Crippen molar-refractivity contribution in [1.82, 2.24) is 14.5 Å². The summed E-state index contributed by atoms with van der Waals surface area (Å²) in [5.41, 5.74) is -0.183. The second-order valence-electron chi connectivity index (χ2n) is 7.29. The van der Waals surface area contributed by atoms with Crippen molar-refractivity contribution in [2.45, 2.75) is 38.1 Å². The van der Waals surface area contributed by atoms with Gasteiger partial charge in [0.2, 0.25) is 11.8 Å². The van der Waals surface area contributed by atoms with Gasteiger partial charge in [-0.3, -0.25) is 14.3 Å². The van der Waals surface area contributed by atoms with E-state index in [1.165, 1.54) is 36.1 Å². The first kappa shape index (κ1) is 20.5. The number of hydrogen-bond donors (Lipinski definition) is 0. The molecule has 0 amide bonds. The third kappa shape index (κ3) is 3.69. The molecule has 1 saturated heterocycles. The van der Waals surface area contributed by atoms with E-state index in [9.17, 15) is 18.0 Å². The standard InChI is InChI=1S/C19H22F3N5O3/c1-12-11-30-8-7-25(12)15-10-17(28)26-6-4-14(19(20,21)22)27(18(26)24-15)13-3-5-23-16(9-13)29-2/h3,5,9-10,12,14H,4,6-8,11H2,1-2H3/t12-,14?/m1/s1. The number of alkyl halides is 3. The predicted molar refractivity (Wildman–Crippen MR) is 104 cm³/mol. The number of pyridine rings is 1. The normalized spacial score (nSPS) is 22.0. The van der Waals surface area contributed by atoms with Gasteiger partial charge in [0.25, 0.3) is 5.56 Å². The highest BCUT2D eigenvalue weighted by Gasteiger charge is 2.47. The van der Waals surface area contributed by atoms with Gasteiger partial charge in [0.1, 0.15) is 11.9 Å². The number of fused-ring (bicyclic) bond motifs is 1. The Morgan fingerprint density at radius 2 is 2.07 bits per heavy atom. The topological polar surface area (TPSA) is 72.7 Å². The highest BCUT2D eigenvalue weighted by Crippen LogP contribution is 2.39. The molecule has 1 fully saturated rings. The first-order chi connectivity index (χ1) is 14.3. The van der Waals surface area contributed by atoms with E-state index in [1.54, 1.807) is 0 Å². The number of nitrogens with zero attached hydrogens (tertiary/aromatic N) is 5. The van der Waals surface area contributed by atoms with Crippen LogP contribution >= 0.6 is 0 Å². The van der Waals surface area contributed by atoms with Crippen molar-refractivity contribution in [2.24, 2.45) is 0 Å². The summed E-state index contributed by atoms with van der Waals surface area (Å²) < 4.78 is 53.6. The van der Waals surface area contributed by atoms with E-state index >= 15 is 0 Å². The van der Waals surface area contributed by atoms with Gasteiger partial charge in [-0.15, -0.1) is 0 Å². The third-order valence-electron chi connectivity index (χ3n) is 5.37. The Morgan fingerprint density at radius 1 is 1.27 bits per heavy atom. The maximum absolute atomic E-state index is 13.9. The first-order valence-electron chi connectivity index (χ1n) is 9.62. The van der Waals surface area contributed by atoms with Gasteiger partial charge in [-0.2, -0.15) is 18.2 Å². The number of hydrogen-bond acceptors (Lipinski definition) is 7. The average Bonchev–Trinajstić information content (AvgIpc) is 2.72. The summed E-state index contributed by atoms with van der Waals surface area (Å²) in [5.74, 6) is 0.472. The highest BCUT2D eigenvalue weighted by molar-refractivity contribution is 5.62. The van der Waals surface area contributed by atoms with Crippen LogP contribution in [0.5, 0.6) is 5.88 Å². The molecule has 11 heteroatoms. The van der Waals surface area contributed by atoms with Crippen LogP contribution in [0.4, 0.5) is 30.6 Å². The fraction of sp³-hybridized carbons (Fsp3) is 0.526. The molecule has 162 valence electrons. The van der Waals surface area contributed by atoms with Gasteiger partial charge in [0.05, 0.1) is 32.1 Å². The number of anilines is 3. The summed E-state index contributed by atoms with van der Waals surface area (Å²) in [7, 11) is 1.39. The lowest BCUT2D eigenvalue weighted by Gasteiger charge is -2.40. The van der Waals surface area contributed by atoms with Crippen LogP contribution in [0.3, 0.4) is 0 Å². The zero-order chi connectivity index (χ0) is 21.5. The van der Waals surface area contributed by atoms with Crippen LogP contribution < -0.4 is 20.1 Å². The second-order valence-corrected chi connectivity index (χ2v) is 7.29. The molecule has 4 heterocycles. The van der Waals surface area contributed by atoms with E-state index in [0.717, 1.165) is 4.90 Å². The lowest BCUT2D eigenvalue weighted by Crippen LogP contribution is -2.51. The Kier molecular flexibility index (Phi) is 5.31. The van der Waals surface area contributed by atoms with Crippen LogP contribution in [0.15, 0.2) is 29.2 Å². The minimum atomic E-state index is -4.51. The molecule has 2 atom stereocenters. The van der Waals surface area contributed by atoms with Crippen molar-refractivity contribution in [3.8, 4) is 5.88 Å². The number of morpholine rings is 1. The molecule has 0 N–H and O–H groups in total. The van der Waals surface area contributed by atoms with Crippen LogP contribution in [0, 0.1) is 0 Å². The van der Waals surface area contributed by atoms with Gasteiger partial charge in [0, 0.05) is 31.4 Å². The van der Waals surface area contributed by atoms with E-state index in [2.05, 4.69) is 9.97 Å². The lowest BCUT2D eigenvalue weighted by molar-refractivity contribution is -0.150. The molecule has 4 rings (SSSR count). The fourth-order valence-electron chi connectivity index (χ4n) is 3.88. The largest absolute Gasteiger partial charge is 0.481 e. The van der Waals surface area contributed by atoms with E-state index in [0.29, 0.717) is 25.6 Å². The van der Waals surface area contributed by atoms with Crippen LogP contribution in [-0.4, -0.2) is 59.7 Å². The monoisotopic (exact) mass is 425 g/mol. The SMILES string of the molecule is COc1cc(N2c3nc(N4CCOC[C@H]4C)cc(=O)n3CCC2C(F)(F)F)ccn1. The van der Waals surface area contributed by atoms with Crippen molar-refractivity contribution in [3.05, 3.63) is 34.7 Å². The second kappa shape index (κ2) is 7.78. The molecular weight excluding hydrogens is 403 g/mol.